The first-order valence-electron chi connectivity index (χ1n) is 7.71. The highest BCUT2D eigenvalue weighted by atomic mass is 127. The smallest absolute Gasteiger partial charge is 0.410 e. The Kier molecular flexibility index (Phi) is 5.95. The molecule has 1 saturated heterocycles. The van der Waals surface area contributed by atoms with Gasteiger partial charge in [-0.05, 0) is 62.9 Å². The first-order valence-corrected chi connectivity index (χ1v) is 9.17. The van der Waals surface area contributed by atoms with E-state index in [1.165, 1.54) is 0 Å². The van der Waals surface area contributed by atoms with Gasteiger partial charge in [0, 0.05) is 18.1 Å². The molecule has 1 aromatic rings. The van der Waals surface area contributed by atoms with Crippen LogP contribution >= 0.6 is 34.2 Å². The number of carbonyl (C=O) groups excluding carboxylic acids is 1. The predicted molar refractivity (Wildman–Crippen MR) is 105 cm³/mol. The number of nitrogens with zero attached hydrogens (tertiary/aromatic N) is 4. The lowest BCUT2D eigenvalue weighted by Crippen LogP contribution is -2.43. The molecule has 2 heterocycles. The Balaban J connectivity index is 2.24. The molecule has 8 heteroatoms. The summed E-state index contributed by atoms with van der Waals surface area (Å²) in [6, 6.07) is 0.00468. The number of aliphatic imine (C=N–C) groups is 1. The van der Waals surface area contributed by atoms with Gasteiger partial charge in [0.2, 0.25) is 0 Å². The molecular formula is C16H22ClIN4O2. The SMILES string of the molecule is C=Nc1c(C(=C)Cl)c(I)nn1[C@@H]1CCCN(C(=O)OC(C)(C)C)C1. The number of carbonyl (C=O) groups is 1. The lowest BCUT2D eigenvalue weighted by Gasteiger charge is -2.34. The van der Waals surface area contributed by atoms with Crippen LogP contribution in [0, 0.1) is 3.70 Å². The molecule has 1 aliphatic rings. The van der Waals surface area contributed by atoms with Gasteiger partial charge in [0.15, 0.2) is 5.82 Å². The van der Waals surface area contributed by atoms with Gasteiger partial charge in [0.05, 0.1) is 11.6 Å². The highest BCUT2D eigenvalue weighted by Gasteiger charge is 2.31. The van der Waals surface area contributed by atoms with E-state index in [9.17, 15) is 4.79 Å². The van der Waals surface area contributed by atoms with Crippen molar-refractivity contribution in [3.63, 3.8) is 0 Å². The van der Waals surface area contributed by atoms with Gasteiger partial charge in [-0.2, -0.15) is 5.10 Å². The first-order chi connectivity index (χ1) is 11.1. The van der Waals surface area contributed by atoms with Gasteiger partial charge >= 0.3 is 6.09 Å². The van der Waals surface area contributed by atoms with Gasteiger partial charge < -0.3 is 9.64 Å². The van der Waals surface area contributed by atoms with E-state index in [4.69, 9.17) is 16.3 Å². The number of likely N-dealkylation sites (tertiary alicyclic amines) is 1. The molecule has 0 radical (unpaired) electrons. The Morgan fingerprint density at radius 2 is 2.17 bits per heavy atom. The minimum atomic E-state index is -0.511. The fourth-order valence-electron chi connectivity index (χ4n) is 2.68. The molecule has 24 heavy (non-hydrogen) atoms. The number of aromatic nitrogens is 2. The van der Waals surface area contributed by atoms with E-state index in [1.54, 1.807) is 9.58 Å². The van der Waals surface area contributed by atoms with E-state index < -0.39 is 5.60 Å². The van der Waals surface area contributed by atoms with Gasteiger partial charge in [0.1, 0.15) is 9.30 Å². The topological polar surface area (TPSA) is 59.7 Å². The quantitative estimate of drug-likeness (QED) is 0.485. The minimum absolute atomic E-state index is 0.00468. The molecule has 0 aliphatic carbocycles. The number of halogens is 2. The summed E-state index contributed by atoms with van der Waals surface area (Å²) in [5, 5.41) is 4.92. The molecule has 1 amide bonds. The summed E-state index contributed by atoms with van der Waals surface area (Å²) in [6.07, 6.45) is 1.46. The van der Waals surface area contributed by atoms with E-state index >= 15 is 0 Å². The van der Waals surface area contributed by atoms with Crippen molar-refractivity contribution < 1.29 is 9.53 Å². The van der Waals surface area contributed by atoms with Crippen LogP contribution < -0.4 is 0 Å². The van der Waals surface area contributed by atoms with E-state index in [1.807, 2.05) is 20.8 Å². The standard InChI is InChI=1S/C16H22ClIN4O2/c1-10(17)12-13(18)20-22(14(12)19-5)11-7-6-8-21(9-11)15(23)24-16(2,3)4/h11H,1,5-9H2,2-4H3/t11-/m1/s1. The second-order valence-corrected chi connectivity index (χ2v) is 8.20. The molecule has 6 nitrogen and oxygen atoms in total. The molecule has 1 aliphatic heterocycles. The molecule has 0 saturated carbocycles. The summed E-state index contributed by atoms with van der Waals surface area (Å²) in [4.78, 5) is 18.1. The highest BCUT2D eigenvalue weighted by molar-refractivity contribution is 14.1. The second kappa shape index (κ2) is 7.43. The van der Waals surface area contributed by atoms with Crippen LogP contribution in [0.15, 0.2) is 11.6 Å². The third-order valence-electron chi connectivity index (χ3n) is 3.66. The molecule has 2 rings (SSSR count). The van der Waals surface area contributed by atoms with Crippen LogP contribution in [-0.2, 0) is 4.74 Å². The fraction of sp³-hybridized carbons (Fsp3) is 0.562. The summed E-state index contributed by atoms with van der Waals surface area (Å²) in [5.74, 6) is 0.593. The lowest BCUT2D eigenvalue weighted by molar-refractivity contribution is 0.0168. The third kappa shape index (κ3) is 4.30. The van der Waals surface area contributed by atoms with Crippen LogP contribution in [0.1, 0.15) is 45.2 Å². The van der Waals surface area contributed by atoms with E-state index in [0.717, 1.165) is 16.5 Å². The Morgan fingerprint density at radius 1 is 1.50 bits per heavy atom. The maximum absolute atomic E-state index is 12.3. The van der Waals surface area contributed by atoms with Crippen LogP contribution in [0.2, 0.25) is 0 Å². The number of rotatable bonds is 3. The zero-order chi connectivity index (χ0) is 18.1. The predicted octanol–water partition coefficient (Wildman–Crippen LogP) is 4.60. The van der Waals surface area contributed by atoms with E-state index in [0.29, 0.717) is 29.5 Å². The summed E-state index contributed by atoms with van der Waals surface area (Å²) < 4.78 is 8.00. The summed E-state index contributed by atoms with van der Waals surface area (Å²) >= 11 is 8.18. The van der Waals surface area contributed by atoms with E-state index in [-0.39, 0.29) is 12.1 Å². The highest BCUT2D eigenvalue weighted by Crippen LogP contribution is 2.36. The molecular weight excluding hydrogens is 443 g/mol. The van der Waals surface area contributed by atoms with Crippen molar-refractivity contribution in [1.82, 2.24) is 14.7 Å². The third-order valence-corrected chi connectivity index (χ3v) is 4.60. The number of hydrogen-bond donors (Lipinski definition) is 0. The van der Waals surface area contributed by atoms with E-state index in [2.05, 4.69) is 46.0 Å². The molecule has 1 aromatic heterocycles. The number of piperidine rings is 1. The van der Waals surface area contributed by atoms with Gasteiger partial charge in [0.25, 0.3) is 0 Å². The molecule has 1 fully saturated rings. The molecule has 132 valence electrons. The zero-order valence-corrected chi connectivity index (χ0v) is 17.1. The van der Waals surface area contributed by atoms with Gasteiger partial charge in [-0.3, -0.25) is 0 Å². The number of ether oxygens (including phenoxy) is 1. The van der Waals surface area contributed by atoms with Crippen LogP contribution in [0.25, 0.3) is 5.03 Å². The van der Waals surface area contributed by atoms with Crippen molar-refractivity contribution >= 4 is 57.9 Å². The Labute approximate surface area is 161 Å². The largest absolute Gasteiger partial charge is 0.444 e. The number of amides is 1. The van der Waals surface area contributed by atoms with Crippen molar-refractivity contribution in [3.05, 3.63) is 15.8 Å². The number of hydrogen-bond acceptors (Lipinski definition) is 4. The van der Waals surface area contributed by atoms with Crippen molar-refractivity contribution in [1.29, 1.82) is 0 Å². The molecule has 0 unspecified atom stereocenters. The first kappa shape index (κ1) is 19.2. The Bertz CT molecular complexity index is 666. The molecule has 0 bridgehead atoms. The monoisotopic (exact) mass is 464 g/mol. The van der Waals surface area contributed by atoms with Gasteiger partial charge in [-0.1, -0.05) is 18.2 Å². The van der Waals surface area contributed by atoms with Crippen molar-refractivity contribution in [2.75, 3.05) is 13.1 Å². The van der Waals surface area contributed by atoms with Crippen LogP contribution in [0.4, 0.5) is 10.6 Å². The summed E-state index contributed by atoms with van der Waals surface area (Å²) in [6.45, 7) is 14.2. The van der Waals surface area contributed by atoms with Gasteiger partial charge in [-0.25, -0.2) is 14.5 Å². The average molecular weight is 465 g/mol. The average Bonchev–Trinajstić information content (AvgIpc) is 2.82. The Morgan fingerprint density at radius 3 is 2.71 bits per heavy atom. The maximum Gasteiger partial charge on any atom is 0.410 e. The van der Waals surface area contributed by atoms with Gasteiger partial charge in [-0.15, -0.1) is 0 Å². The summed E-state index contributed by atoms with van der Waals surface area (Å²) in [7, 11) is 0. The maximum atomic E-state index is 12.3. The molecule has 0 spiro atoms. The normalized spacial score (nSPS) is 18.4. The zero-order valence-electron chi connectivity index (χ0n) is 14.2. The van der Waals surface area contributed by atoms with Crippen molar-refractivity contribution in [2.24, 2.45) is 4.99 Å². The molecule has 0 N–H and O–H groups in total. The molecule has 0 aromatic carbocycles. The summed E-state index contributed by atoms with van der Waals surface area (Å²) in [5.41, 5.74) is 0.185. The van der Waals surface area contributed by atoms with Crippen molar-refractivity contribution in [2.45, 2.75) is 45.3 Å². The lowest BCUT2D eigenvalue weighted by atomic mass is 10.1. The van der Waals surface area contributed by atoms with Crippen LogP contribution in [-0.4, -0.2) is 46.2 Å². The second-order valence-electron chi connectivity index (χ2n) is 6.72. The minimum Gasteiger partial charge on any atom is -0.444 e. The fourth-order valence-corrected chi connectivity index (χ4v) is 3.82. The molecule has 1 atom stereocenters. The van der Waals surface area contributed by atoms with Crippen LogP contribution in [0.3, 0.4) is 0 Å². The Hall–Kier alpha value is -1.09. The van der Waals surface area contributed by atoms with Crippen molar-refractivity contribution in [3.8, 4) is 0 Å². The van der Waals surface area contributed by atoms with Crippen LogP contribution in [0.5, 0.6) is 0 Å².